The molecule has 3 saturated heterocycles. The lowest BCUT2D eigenvalue weighted by atomic mass is 9.86. The van der Waals surface area contributed by atoms with Crippen LogP contribution in [0.15, 0.2) is 89.6 Å². The highest BCUT2D eigenvalue weighted by Crippen LogP contribution is 2.39. The summed E-state index contributed by atoms with van der Waals surface area (Å²) in [6.07, 6.45) is 3.78. The molecule has 56 heavy (non-hydrogen) atoms. The van der Waals surface area contributed by atoms with Crippen molar-refractivity contribution in [3.05, 3.63) is 140 Å². The third kappa shape index (κ3) is 8.65. The van der Waals surface area contributed by atoms with Crippen molar-refractivity contribution >= 4 is 35.3 Å². The molecule has 3 aliphatic heterocycles. The van der Waals surface area contributed by atoms with Crippen LogP contribution < -0.4 is 24.3 Å². The number of aromatic carboxylic acids is 1. The second-order valence-electron chi connectivity index (χ2n) is 13.7. The van der Waals surface area contributed by atoms with Crippen LogP contribution in [0.25, 0.3) is 0 Å². The fourth-order valence-electron chi connectivity index (χ4n) is 7.46. The van der Waals surface area contributed by atoms with Gasteiger partial charge in [-0.25, -0.2) is 14.6 Å². The lowest BCUT2D eigenvalue weighted by Gasteiger charge is -2.43. The van der Waals surface area contributed by atoms with E-state index in [9.17, 15) is 19.9 Å². The highest BCUT2D eigenvalue weighted by atomic mass is 35.5. The molecule has 0 radical (unpaired) electrons. The zero-order valence-electron chi connectivity index (χ0n) is 30.7. The first-order valence-electron chi connectivity index (χ1n) is 18.1. The summed E-state index contributed by atoms with van der Waals surface area (Å²) < 4.78 is 29.7. The summed E-state index contributed by atoms with van der Waals surface area (Å²) in [4.78, 5) is 32.6. The van der Waals surface area contributed by atoms with Crippen LogP contribution in [0.5, 0.6) is 17.2 Å². The third-order valence-corrected chi connectivity index (χ3v) is 10.9. The Morgan fingerprint density at radius 3 is 2.34 bits per heavy atom. The molecular formula is C41H40Cl2N4O9. The van der Waals surface area contributed by atoms with Crippen molar-refractivity contribution in [2.24, 2.45) is 5.92 Å². The quantitative estimate of drug-likeness (QED) is 0.0864. The number of alkyl carbamates (subject to hydrolysis) is 1. The van der Waals surface area contributed by atoms with Crippen molar-refractivity contribution in [3.63, 3.8) is 0 Å². The summed E-state index contributed by atoms with van der Waals surface area (Å²) in [5, 5.41) is 25.6. The van der Waals surface area contributed by atoms with E-state index in [1.54, 1.807) is 36.4 Å². The first-order chi connectivity index (χ1) is 27.1. The highest BCUT2D eigenvalue weighted by molar-refractivity contribution is 6.35. The number of amides is 1. The van der Waals surface area contributed by atoms with Crippen molar-refractivity contribution < 1.29 is 42.8 Å². The third-order valence-electron chi connectivity index (χ3n) is 10.3. The van der Waals surface area contributed by atoms with Gasteiger partial charge in [0.1, 0.15) is 27.7 Å². The molecule has 3 aliphatic rings. The minimum absolute atomic E-state index is 0.00484. The summed E-state index contributed by atoms with van der Waals surface area (Å²) >= 11 is 13.0. The van der Waals surface area contributed by atoms with Crippen LogP contribution in [0.3, 0.4) is 0 Å². The molecule has 292 valence electrons. The number of benzene rings is 3. The fourth-order valence-corrected chi connectivity index (χ4v) is 8.06. The number of pyridine rings is 1. The van der Waals surface area contributed by atoms with E-state index in [4.69, 9.17) is 46.6 Å². The van der Waals surface area contributed by atoms with Crippen molar-refractivity contribution in [1.82, 2.24) is 15.2 Å². The number of carboxylic acid groups (broad SMARTS) is 1. The number of halogens is 2. The van der Waals surface area contributed by atoms with Crippen LogP contribution >= 0.6 is 23.2 Å². The molecule has 13 nitrogen and oxygen atoms in total. The number of rotatable bonds is 14. The number of hydrogen-bond acceptors (Lipinski definition) is 10. The van der Waals surface area contributed by atoms with Crippen LogP contribution in [0.1, 0.15) is 69.2 Å². The van der Waals surface area contributed by atoms with Crippen LogP contribution in [-0.4, -0.2) is 67.0 Å². The van der Waals surface area contributed by atoms with Gasteiger partial charge in [0, 0.05) is 18.0 Å². The van der Waals surface area contributed by atoms with E-state index in [0.29, 0.717) is 39.0 Å². The molecule has 2 N–H and O–H groups in total. The minimum atomic E-state index is -1.33. The molecule has 3 aromatic carbocycles. The predicted octanol–water partition coefficient (Wildman–Crippen LogP) is 7.19. The van der Waals surface area contributed by atoms with E-state index in [-0.39, 0.29) is 46.5 Å². The maximum absolute atomic E-state index is 13.3. The Morgan fingerprint density at radius 1 is 0.964 bits per heavy atom. The Labute approximate surface area is 333 Å². The molecule has 3 fully saturated rings. The second kappa shape index (κ2) is 17.1. The summed E-state index contributed by atoms with van der Waals surface area (Å²) in [5.74, 6) is -0.474. The SMILES string of the molecule is COc1ccc(C(Cc2c(Cl)c[n+]([O-])cc2Cl)c2oc(COc3cccc([C@@H](NC(=O)O[C@H]4CN5CCC4CC5)c4ccccc4)c3)nc2C(=O)O)cc1OC. The standard InChI is InChI=1S/C41H40Cl2N4O9/c1-52-33-12-11-26(18-34(33)53-2)29(19-30-31(42)20-47(51)21-32(30)43)39-38(40(48)49)44-36(56-39)23-54-28-10-6-9-27(17-28)37(25-7-4-3-5-8-25)45-41(50)55-35-22-46-15-13-24(35)14-16-46/h3-12,17-18,20-21,24,29,35,37H,13-16,19,22-23H2,1-2H3,(H,45,50)(H,48,49)/t29?,35-,37-/m0/s1. The Kier molecular flexibility index (Phi) is 11.8. The number of ether oxygens (including phenoxy) is 4. The van der Waals surface area contributed by atoms with E-state index in [1.807, 2.05) is 36.4 Å². The number of nitrogens with one attached hydrogen (secondary N) is 1. The zero-order chi connectivity index (χ0) is 39.3. The number of piperidine rings is 3. The average Bonchev–Trinajstić information content (AvgIpc) is 3.64. The molecule has 1 amide bonds. The van der Waals surface area contributed by atoms with Crippen molar-refractivity contribution in [2.45, 2.75) is 43.9 Å². The number of nitrogens with zero attached hydrogens (tertiary/aromatic N) is 3. The van der Waals surface area contributed by atoms with E-state index >= 15 is 0 Å². The monoisotopic (exact) mass is 802 g/mol. The zero-order valence-corrected chi connectivity index (χ0v) is 32.2. The molecule has 0 saturated carbocycles. The highest BCUT2D eigenvalue weighted by Gasteiger charge is 2.37. The first kappa shape index (κ1) is 38.8. The van der Waals surface area contributed by atoms with Crippen LogP contribution in [0, 0.1) is 11.1 Å². The van der Waals surface area contributed by atoms with Crippen LogP contribution in [-0.2, 0) is 17.8 Å². The maximum atomic E-state index is 13.3. The van der Waals surface area contributed by atoms with E-state index in [0.717, 1.165) is 43.6 Å². The van der Waals surface area contributed by atoms with Gasteiger partial charge in [-0.05, 0) is 79.2 Å². The molecular weight excluding hydrogens is 763 g/mol. The number of hydrogen-bond donors (Lipinski definition) is 2. The normalized spacial score (nSPS) is 18.5. The number of fused-ring (bicyclic) bond motifs is 3. The second-order valence-corrected chi connectivity index (χ2v) is 14.5. The van der Waals surface area contributed by atoms with Crippen LogP contribution in [0.4, 0.5) is 4.79 Å². The van der Waals surface area contributed by atoms with Gasteiger partial charge < -0.3 is 39.0 Å². The summed E-state index contributed by atoms with van der Waals surface area (Å²) in [5.41, 5.74) is 2.23. The van der Waals surface area contributed by atoms with Gasteiger partial charge in [-0.3, -0.25) is 4.90 Å². The Hall–Kier alpha value is -5.50. The molecule has 2 bridgehead atoms. The molecule has 3 atom stereocenters. The molecule has 5 aromatic rings. The average molecular weight is 804 g/mol. The molecule has 2 aromatic heterocycles. The molecule has 0 aliphatic carbocycles. The Bertz CT molecular complexity index is 2170. The first-order valence-corrected chi connectivity index (χ1v) is 18.8. The van der Waals surface area contributed by atoms with Gasteiger partial charge in [-0.1, -0.05) is 71.7 Å². The number of carboxylic acids is 1. The molecule has 15 heteroatoms. The van der Waals surface area contributed by atoms with E-state index in [2.05, 4.69) is 15.2 Å². The number of carbonyl (C=O) groups excluding carboxylic acids is 1. The molecule has 1 unspecified atom stereocenters. The largest absolute Gasteiger partial charge is 0.619 e. The van der Waals surface area contributed by atoms with Gasteiger partial charge in [0.05, 0.1) is 20.3 Å². The van der Waals surface area contributed by atoms with Crippen LogP contribution in [0.2, 0.25) is 10.0 Å². The van der Waals surface area contributed by atoms with Gasteiger partial charge in [0.15, 0.2) is 36.2 Å². The smallest absolute Gasteiger partial charge is 0.408 e. The summed E-state index contributed by atoms with van der Waals surface area (Å²) in [6, 6.07) is 21.4. The van der Waals surface area contributed by atoms with Gasteiger partial charge in [-0.15, -0.1) is 0 Å². The number of aromatic nitrogens is 2. The van der Waals surface area contributed by atoms with Gasteiger partial charge in [-0.2, -0.15) is 4.73 Å². The minimum Gasteiger partial charge on any atom is -0.619 e. The Balaban J connectivity index is 1.15. The molecule has 0 spiro atoms. The van der Waals surface area contributed by atoms with Crippen molar-refractivity contribution in [2.75, 3.05) is 33.9 Å². The van der Waals surface area contributed by atoms with E-state index < -0.39 is 24.0 Å². The predicted molar refractivity (Wildman–Crippen MR) is 206 cm³/mol. The Morgan fingerprint density at radius 2 is 1.68 bits per heavy atom. The lowest BCUT2D eigenvalue weighted by molar-refractivity contribution is -0.605. The van der Waals surface area contributed by atoms with E-state index in [1.165, 1.54) is 26.6 Å². The maximum Gasteiger partial charge on any atom is 0.408 e. The summed E-state index contributed by atoms with van der Waals surface area (Å²) in [7, 11) is 2.99. The van der Waals surface area contributed by atoms with Crippen molar-refractivity contribution in [3.8, 4) is 17.2 Å². The fraction of sp³-hybridized carbons (Fsp3) is 0.317. The molecule has 5 heterocycles. The lowest BCUT2D eigenvalue weighted by Crippen LogP contribution is -2.52. The van der Waals surface area contributed by atoms with Gasteiger partial charge in [0.2, 0.25) is 5.89 Å². The number of oxazole rings is 1. The number of methoxy groups -OCH3 is 2. The van der Waals surface area contributed by atoms with Crippen molar-refractivity contribution in [1.29, 1.82) is 0 Å². The van der Waals surface area contributed by atoms with Gasteiger partial charge in [0.25, 0.3) is 0 Å². The van der Waals surface area contributed by atoms with Gasteiger partial charge >= 0.3 is 12.1 Å². The summed E-state index contributed by atoms with van der Waals surface area (Å²) in [6.45, 7) is 2.60. The topological polar surface area (TPSA) is 160 Å². The number of carbonyl (C=O) groups is 2. The molecule has 8 rings (SSSR count).